The Kier molecular flexibility index (Phi) is 6.67. The Labute approximate surface area is 173 Å². The molecule has 0 unspecified atom stereocenters. The third-order valence-electron chi connectivity index (χ3n) is 3.94. The maximum atomic E-state index is 12.2. The van der Waals surface area contributed by atoms with Crippen molar-refractivity contribution in [1.29, 1.82) is 0 Å². The molecule has 0 saturated carbocycles. The van der Waals surface area contributed by atoms with Gasteiger partial charge in [-0.3, -0.25) is 4.79 Å². The molecule has 6 nitrogen and oxygen atoms in total. The quantitative estimate of drug-likeness (QED) is 0.370. The number of carbonyl (C=O) groups is 2. The number of esters is 2. The number of aliphatic imine (C=N–C) groups is 1. The lowest BCUT2D eigenvalue weighted by Crippen LogP contribution is -2.08. The predicted octanol–water partition coefficient (Wildman–Crippen LogP) is 4.79. The van der Waals surface area contributed by atoms with E-state index in [1.807, 2.05) is 13.8 Å². The molecule has 0 aromatic heterocycles. The smallest absolute Gasteiger partial charge is 0.363 e. The van der Waals surface area contributed by atoms with Gasteiger partial charge in [-0.2, -0.15) is 0 Å². The molecule has 1 aliphatic rings. The van der Waals surface area contributed by atoms with Gasteiger partial charge in [-0.15, -0.1) is 0 Å². The molecular formula is C22H20ClNO5. The molecule has 7 heteroatoms. The minimum atomic E-state index is -0.559. The van der Waals surface area contributed by atoms with E-state index in [0.29, 0.717) is 47.1 Å². The lowest BCUT2D eigenvalue weighted by Gasteiger charge is -2.11. The molecular weight excluding hydrogens is 394 g/mol. The predicted molar refractivity (Wildman–Crippen MR) is 110 cm³/mol. The van der Waals surface area contributed by atoms with E-state index in [9.17, 15) is 9.59 Å². The number of rotatable bonds is 7. The second-order valence-electron chi connectivity index (χ2n) is 6.21. The van der Waals surface area contributed by atoms with Crippen LogP contribution in [0.5, 0.6) is 11.5 Å². The van der Waals surface area contributed by atoms with Gasteiger partial charge in [0.25, 0.3) is 0 Å². The first-order chi connectivity index (χ1) is 14.0. The van der Waals surface area contributed by atoms with Crippen molar-refractivity contribution in [2.75, 3.05) is 6.61 Å². The van der Waals surface area contributed by atoms with Gasteiger partial charge >= 0.3 is 11.9 Å². The van der Waals surface area contributed by atoms with Crippen molar-refractivity contribution in [1.82, 2.24) is 0 Å². The fraction of sp³-hybridized carbons (Fsp3) is 0.227. The van der Waals surface area contributed by atoms with Crippen molar-refractivity contribution in [3.05, 3.63) is 64.3 Å². The molecule has 1 heterocycles. The monoisotopic (exact) mass is 413 g/mol. The molecule has 0 spiro atoms. The van der Waals surface area contributed by atoms with E-state index in [4.69, 9.17) is 25.8 Å². The van der Waals surface area contributed by atoms with Gasteiger partial charge in [-0.05, 0) is 55.3 Å². The van der Waals surface area contributed by atoms with Gasteiger partial charge in [0.05, 0.1) is 6.61 Å². The lowest BCUT2D eigenvalue weighted by atomic mass is 10.1. The molecule has 1 aliphatic heterocycles. The van der Waals surface area contributed by atoms with Crippen LogP contribution in [0.1, 0.15) is 37.8 Å². The van der Waals surface area contributed by atoms with Crippen LogP contribution < -0.4 is 9.47 Å². The highest BCUT2D eigenvalue weighted by Crippen LogP contribution is 2.30. The van der Waals surface area contributed by atoms with E-state index < -0.39 is 5.97 Å². The average molecular weight is 414 g/mol. The molecule has 2 aromatic carbocycles. The summed E-state index contributed by atoms with van der Waals surface area (Å²) in [5.41, 5.74) is 1.42. The number of cyclic esters (lactones) is 1. The molecule has 3 rings (SSSR count). The number of carbonyl (C=O) groups excluding carboxylic acids is 2. The summed E-state index contributed by atoms with van der Waals surface area (Å²) >= 11 is 5.98. The van der Waals surface area contributed by atoms with E-state index in [1.165, 1.54) is 0 Å². The number of hydrogen-bond donors (Lipinski definition) is 0. The van der Waals surface area contributed by atoms with Gasteiger partial charge < -0.3 is 14.2 Å². The van der Waals surface area contributed by atoms with Crippen molar-refractivity contribution in [2.45, 2.75) is 26.7 Å². The molecule has 2 aromatic rings. The zero-order chi connectivity index (χ0) is 20.8. The minimum Gasteiger partial charge on any atom is -0.490 e. The third-order valence-corrected chi connectivity index (χ3v) is 4.18. The minimum absolute atomic E-state index is 0.151. The second kappa shape index (κ2) is 9.39. The lowest BCUT2D eigenvalue weighted by molar-refractivity contribution is -0.134. The van der Waals surface area contributed by atoms with Crippen LogP contribution in [0.15, 0.2) is 53.2 Å². The molecule has 0 radical (unpaired) electrons. The van der Waals surface area contributed by atoms with E-state index >= 15 is 0 Å². The van der Waals surface area contributed by atoms with Crippen LogP contribution >= 0.6 is 11.6 Å². The number of halogens is 1. The normalized spacial score (nSPS) is 14.5. The van der Waals surface area contributed by atoms with Crippen molar-refractivity contribution in [2.24, 2.45) is 4.99 Å². The summed E-state index contributed by atoms with van der Waals surface area (Å²) in [6.07, 6.45) is 2.60. The van der Waals surface area contributed by atoms with Crippen LogP contribution in [0.4, 0.5) is 0 Å². The topological polar surface area (TPSA) is 74.2 Å². The molecule has 29 heavy (non-hydrogen) atoms. The first kappa shape index (κ1) is 20.6. The first-order valence-electron chi connectivity index (χ1n) is 9.26. The molecule has 0 atom stereocenters. The first-order valence-corrected chi connectivity index (χ1v) is 9.64. The van der Waals surface area contributed by atoms with Gasteiger partial charge in [-0.25, -0.2) is 9.79 Å². The Morgan fingerprint density at radius 1 is 1.17 bits per heavy atom. The van der Waals surface area contributed by atoms with Crippen LogP contribution in [-0.4, -0.2) is 24.4 Å². The highest BCUT2D eigenvalue weighted by Gasteiger charge is 2.24. The Morgan fingerprint density at radius 3 is 2.72 bits per heavy atom. The number of ether oxygens (including phenoxy) is 3. The van der Waals surface area contributed by atoms with E-state index in [1.54, 1.807) is 48.5 Å². The van der Waals surface area contributed by atoms with E-state index in [2.05, 4.69) is 4.99 Å². The van der Waals surface area contributed by atoms with Gasteiger partial charge in [0.1, 0.15) is 0 Å². The molecule has 0 N–H and O–H groups in total. The Morgan fingerprint density at radius 2 is 2.00 bits per heavy atom. The number of nitrogens with zero attached hydrogens (tertiary/aromatic N) is 1. The molecule has 150 valence electrons. The summed E-state index contributed by atoms with van der Waals surface area (Å²) in [5.74, 6) is 0.0613. The summed E-state index contributed by atoms with van der Waals surface area (Å²) in [6.45, 7) is 4.13. The standard InChI is InChI=1S/C22H20ClNO5/c1-3-6-20(25)28-18-10-9-14(12-19(18)27-4-2)11-17-22(26)29-21(24-17)15-7-5-8-16(23)13-15/h5,7-13H,3-4,6H2,1-2H3. The summed E-state index contributed by atoms with van der Waals surface area (Å²) in [7, 11) is 0. The average Bonchev–Trinajstić information content (AvgIpc) is 3.05. The summed E-state index contributed by atoms with van der Waals surface area (Å²) in [5, 5.41) is 0.522. The molecule has 0 amide bonds. The zero-order valence-corrected chi connectivity index (χ0v) is 16.9. The number of benzene rings is 2. The van der Waals surface area contributed by atoms with Gasteiger partial charge in [0.15, 0.2) is 17.2 Å². The molecule has 0 fully saturated rings. The van der Waals surface area contributed by atoms with Crippen LogP contribution in [0.2, 0.25) is 5.02 Å². The molecule has 0 bridgehead atoms. The van der Waals surface area contributed by atoms with E-state index in [0.717, 1.165) is 0 Å². The van der Waals surface area contributed by atoms with Crippen molar-refractivity contribution >= 4 is 35.5 Å². The van der Waals surface area contributed by atoms with Gasteiger partial charge in [-0.1, -0.05) is 30.7 Å². The Hall–Kier alpha value is -3.12. The van der Waals surface area contributed by atoms with Crippen LogP contribution in [-0.2, 0) is 14.3 Å². The van der Waals surface area contributed by atoms with Gasteiger partial charge in [0, 0.05) is 17.0 Å². The summed E-state index contributed by atoms with van der Waals surface area (Å²) in [6, 6.07) is 11.9. The summed E-state index contributed by atoms with van der Waals surface area (Å²) < 4.78 is 16.2. The van der Waals surface area contributed by atoms with E-state index in [-0.39, 0.29) is 17.6 Å². The van der Waals surface area contributed by atoms with Gasteiger partial charge in [0.2, 0.25) is 5.90 Å². The fourth-order valence-electron chi connectivity index (χ4n) is 2.66. The van der Waals surface area contributed by atoms with Crippen molar-refractivity contribution < 1.29 is 23.8 Å². The van der Waals surface area contributed by atoms with Crippen LogP contribution in [0.25, 0.3) is 6.08 Å². The fourth-order valence-corrected chi connectivity index (χ4v) is 2.85. The summed E-state index contributed by atoms with van der Waals surface area (Å²) in [4.78, 5) is 28.3. The highest BCUT2D eigenvalue weighted by molar-refractivity contribution is 6.31. The van der Waals surface area contributed by atoms with Crippen LogP contribution in [0.3, 0.4) is 0 Å². The third kappa shape index (κ3) is 5.23. The molecule has 0 aliphatic carbocycles. The Balaban J connectivity index is 1.88. The second-order valence-corrected chi connectivity index (χ2v) is 6.65. The van der Waals surface area contributed by atoms with Crippen molar-refractivity contribution in [3.8, 4) is 11.5 Å². The van der Waals surface area contributed by atoms with Crippen molar-refractivity contribution in [3.63, 3.8) is 0 Å². The largest absolute Gasteiger partial charge is 0.490 e. The zero-order valence-electron chi connectivity index (χ0n) is 16.1. The Bertz CT molecular complexity index is 996. The highest BCUT2D eigenvalue weighted by atomic mass is 35.5. The molecule has 0 saturated heterocycles. The number of hydrogen-bond acceptors (Lipinski definition) is 6. The SMILES string of the molecule is CCCC(=O)Oc1ccc(C=C2N=C(c3cccc(Cl)c3)OC2=O)cc1OCC. The van der Waals surface area contributed by atoms with Crippen LogP contribution in [0, 0.1) is 0 Å². The maximum absolute atomic E-state index is 12.2. The maximum Gasteiger partial charge on any atom is 0.363 e.